The van der Waals surface area contributed by atoms with Crippen molar-refractivity contribution in [2.75, 3.05) is 49.3 Å². The number of hydrogen-bond donors (Lipinski definition) is 2. The maximum absolute atomic E-state index is 13.5. The van der Waals surface area contributed by atoms with Crippen LogP contribution in [0.25, 0.3) is 0 Å². The third-order valence-corrected chi connectivity index (χ3v) is 9.69. The third kappa shape index (κ3) is 6.56. The summed E-state index contributed by atoms with van der Waals surface area (Å²) >= 11 is 0. The Morgan fingerprint density at radius 1 is 1.05 bits per heavy atom. The van der Waals surface area contributed by atoms with E-state index in [2.05, 4.69) is 10.2 Å². The number of aliphatic hydroxyl groups excluding tert-OH is 1. The maximum atomic E-state index is 13.5. The van der Waals surface area contributed by atoms with Crippen LogP contribution in [0.4, 0.5) is 11.4 Å². The molecule has 9 heteroatoms. The van der Waals surface area contributed by atoms with Crippen molar-refractivity contribution in [3.05, 3.63) is 53.6 Å². The average Bonchev–Trinajstić information content (AvgIpc) is 3.61. The molecule has 0 atom stereocenters. The van der Waals surface area contributed by atoms with Crippen LogP contribution in [0.3, 0.4) is 0 Å². The van der Waals surface area contributed by atoms with Gasteiger partial charge in [-0.3, -0.25) is 9.59 Å². The number of anilines is 2. The van der Waals surface area contributed by atoms with E-state index in [9.17, 15) is 23.1 Å². The highest BCUT2D eigenvalue weighted by molar-refractivity contribution is 7.91. The van der Waals surface area contributed by atoms with E-state index < -0.39 is 15.3 Å². The van der Waals surface area contributed by atoms with Gasteiger partial charge in [0, 0.05) is 37.9 Å². The van der Waals surface area contributed by atoms with Gasteiger partial charge < -0.3 is 20.2 Å². The second-order valence-corrected chi connectivity index (χ2v) is 14.0. The van der Waals surface area contributed by atoms with Crippen LogP contribution in [0, 0.1) is 10.8 Å². The Labute approximate surface area is 225 Å². The molecule has 1 aliphatic carbocycles. The van der Waals surface area contributed by atoms with E-state index in [1.54, 1.807) is 43.4 Å². The lowest BCUT2D eigenvalue weighted by Gasteiger charge is -2.35. The Kier molecular flexibility index (Phi) is 7.91. The molecule has 4 rings (SSSR count). The second-order valence-electron chi connectivity index (χ2n) is 12.0. The topological polar surface area (TPSA) is 107 Å². The number of amides is 2. The quantitative estimate of drug-likeness (QED) is 0.519. The highest BCUT2D eigenvalue weighted by Gasteiger charge is 2.44. The maximum Gasteiger partial charge on any atom is 0.257 e. The molecule has 206 valence electrons. The molecule has 1 heterocycles. The van der Waals surface area contributed by atoms with Crippen LogP contribution in [0.5, 0.6) is 0 Å². The molecule has 0 aromatic heterocycles. The minimum Gasteiger partial charge on any atom is -0.395 e. The molecule has 0 unspecified atom stereocenters. The predicted octanol–water partition coefficient (Wildman–Crippen LogP) is 4.20. The summed E-state index contributed by atoms with van der Waals surface area (Å²) in [7, 11) is -1.88. The number of nitrogens with one attached hydrogen (secondary N) is 1. The molecule has 0 radical (unpaired) electrons. The summed E-state index contributed by atoms with van der Waals surface area (Å²) in [6.07, 6.45) is 4.63. The largest absolute Gasteiger partial charge is 0.395 e. The molecular weight excluding hydrogens is 502 g/mol. The number of likely N-dealkylation sites (N-methyl/N-ethyl adjacent to an activating group) is 1. The zero-order chi connectivity index (χ0) is 27.7. The van der Waals surface area contributed by atoms with Gasteiger partial charge in [0.05, 0.1) is 28.5 Å². The highest BCUT2D eigenvalue weighted by Crippen LogP contribution is 2.54. The number of rotatable bonds is 8. The molecule has 1 saturated heterocycles. The third-order valence-electron chi connectivity index (χ3n) is 7.47. The SMILES string of the molecule is CN(CCO)C(=O)c1ccc(C(=O)Nc2cccc(S(=O)(=O)CC(C)(C)C)c2)c(N2CCC3(CC2)CC3)c1. The van der Waals surface area contributed by atoms with Gasteiger partial charge >= 0.3 is 0 Å². The molecule has 2 fully saturated rings. The highest BCUT2D eigenvalue weighted by atomic mass is 32.2. The molecule has 2 N–H and O–H groups in total. The molecule has 8 nitrogen and oxygen atoms in total. The number of nitrogens with zero attached hydrogens (tertiary/aromatic N) is 2. The number of hydrogen-bond acceptors (Lipinski definition) is 6. The zero-order valence-corrected chi connectivity index (χ0v) is 23.6. The van der Waals surface area contributed by atoms with E-state index in [0.29, 0.717) is 27.9 Å². The van der Waals surface area contributed by atoms with Gasteiger partial charge in [-0.25, -0.2) is 8.42 Å². The van der Waals surface area contributed by atoms with Crippen LogP contribution in [-0.4, -0.2) is 69.3 Å². The van der Waals surface area contributed by atoms with E-state index in [0.717, 1.165) is 25.9 Å². The summed E-state index contributed by atoms with van der Waals surface area (Å²) in [5, 5.41) is 12.1. The van der Waals surface area contributed by atoms with Crippen LogP contribution in [0.2, 0.25) is 0 Å². The van der Waals surface area contributed by atoms with Gasteiger partial charge in [0.2, 0.25) is 0 Å². The number of piperidine rings is 1. The number of sulfone groups is 1. The number of carbonyl (C=O) groups is 2. The van der Waals surface area contributed by atoms with E-state index in [1.807, 2.05) is 20.8 Å². The minimum absolute atomic E-state index is 0.00177. The molecular formula is C29H39N3O5S. The fourth-order valence-corrected chi connectivity index (χ4v) is 7.01. The monoisotopic (exact) mass is 541 g/mol. The molecule has 1 spiro atoms. The van der Waals surface area contributed by atoms with Gasteiger partial charge in [-0.15, -0.1) is 0 Å². The van der Waals surface area contributed by atoms with Crippen molar-refractivity contribution in [2.45, 2.75) is 51.3 Å². The van der Waals surface area contributed by atoms with Crippen LogP contribution < -0.4 is 10.2 Å². The zero-order valence-electron chi connectivity index (χ0n) is 22.8. The van der Waals surface area contributed by atoms with Gasteiger partial charge in [0.15, 0.2) is 9.84 Å². The van der Waals surface area contributed by atoms with Crippen molar-refractivity contribution >= 4 is 33.0 Å². The van der Waals surface area contributed by atoms with Crippen molar-refractivity contribution in [3.63, 3.8) is 0 Å². The van der Waals surface area contributed by atoms with Gasteiger partial charge in [-0.05, 0) is 72.9 Å². The van der Waals surface area contributed by atoms with Crippen molar-refractivity contribution in [3.8, 4) is 0 Å². The van der Waals surface area contributed by atoms with Gasteiger partial charge in [-0.2, -0.15) is 0 Å². The van der Waals surface area contributed by atoms with Crippen molar-refractivity contribution in [1.29, 1.82) is 0 Å². The second kappa shape index (κ2) is 10.7. The Morgan fingerprint density at radius 2 is 1.74 bits per heavy atom. The lowest BCUT2D eigenvalue weighted by molar-refractivity contribution is 0.0766. The summed E-state index contributed by atoms with van der Waals surface area (Å²) in [6.45, 7) is 7.33. The average molecular weight is 542 g/mol. The van der Waals surface area contributed by atoms with Crippen LogP contribution >= 0.6 is 0 Å². The van der Waals surface area contributed by atoms with Crippen molar-refractivity contribution in [1.82, 2.24) is 4.90 Å². The van der Waals surface area contributed by atoms with Crippen molar-refractivity contribution in [2.24, 2.45) is 10.8 Å². The Hall–Kier alpha value is -2.91. The lowest BCUT2D eigenvalue weighted by Crippen LogP contribution is -2.36. The smallest absolute Gasteiger partial charge is 0.257 e. The molecule has 1 aliphatic heterocycles. The molecule has 2 aliphatic rings. The molecule has 38 heavy (non-hydrogen) atoms. The molecule has 1 saturated carbocycles. The van der Waals surface area contributed by atoms with Crippen LogP contribution in [0.1, 0.15) is 67.2 Å². The van der Waals surface area contributed by atoms with Gasteiger partial charge in [0.1, 0.15) is 0 Å². The first-order chi connectivity index (χ1) is 17.8. The van der Waals surface area contributed by atoms with Gasteiger partial charge in [0.25, 0.3) is 11.8 Å². The molecule has 0 bridgehead atoms. The summed E-state index contributed by atoms with van der Waals surface area (Å²) in [4.78, 5) is 30.2. The van der Waals surface area contributed by atoms with Crippen molar-refractivity contribution < 1.29 is 23.1 Å². The Bertz CT molecular complexity index is 1300. The summed E-state index contributed by atoms with van der Waals surface area (Å²) in [5.74, 6) is -0.586. The van der Waals surface area contributed by atoms with E-state index in [1.165, 1.54) is 23.8 Å². The van der Waals surface area contributed by atoms with Gasteiger partial charge in [-0.1, -0.05) is 26.8 Å². The van der Waals surface area contributed by atoms with E-state index >= 15 is 0 Å². The number of aliphatic hydroxyl groups is 1. The normalized spacial score (nSPS) is 16.8. The summed E-state index contributed by atoms with van der Waals surface area (Å²) < 4.78 is 25.8. The first kappa shape index (κ1) is 28.1. The molecule has 2 amide bonds. The predicted molar refractivity (Wildman–Crippen MR) is 150 cm³/mol. The Morgan fingerprint density at radius 3 is 2.34 bits per heavy atom. The standard InChI is InChI=1S/C29H39N3O5S/c1-28(2,3)20-38(36,37)23-7-5-6-22(19-23)30-26(34)24-9-8-21(27(35)31(4)16-17-33)18-25(24)32-14-12-29(10-11-29)13-15-32/h5-9,18-19,33H,10-17,20H2,1-4H3,(H,30,34). The lowest BCUT2D eigenvalue weighted by atomic mass is 9.92. The Balaban J connectivity index is 1.61. The summed E-state index contributed by atoms with van der Waals surface area (Å²) in [6, 6.07) is 11.4. The minimum atomic E-state index is -3.52. The fourth-order valence-electron chi connectivity index (χ4n) is 5.11. The number of benzene rings is 2. The molecule has 2 aromatic rings. The van der Waals surface area contributed by atoms with Crippen LogP contribution in [-0.2, 0) is 9.84 Å². The fraction of sp³-hybridized carbons (Fsp3) is 0.517. The summed E-state index contributed by atoms with van der Waals surface area (Å²) in [5.41, 5.74) is 2.03. The molecule has 2 aromatic carbocycles. The number of carbonyl (C=O) groups excluding carboxylic acids is 2. The van der Waals surface area contributed by atoms with E-state index in [-0.39, 0.29) is 35.6 Å². The first-order valence-electron chi connectivity index (χ1n) is 13.2. The first-order valence-corrected chi connectivity index (χ1v) is 14.9. The van der Waals surface area contributed by atoms with E-state index in [4.69, 9.17) is 0 Å². The van der Waals surface area contributed by atoms with Crippen LogP contribution in [0.15, 0.2) is 47.4 Å².